The number of nitrogens with zero attached hydrogens (tertiary/aromatic N) is 2. The molecule has 0 saturated heterocycles. The van der Waals surface area contributed by atoms with Gasteiger partial charge in [-0.25, -0.2) is 8.42 Å². The third-order valence-corrected chi connectivity index (χ3v) is 8.76. The Hall–Kier alpha value is -3.39. The number of nitrogens with one attached hydrogen (secondary N) is 1. The van der Waals surface area contributed by atoms with Gasteiger partial charge in [0.2, 0.25) is 11.8 Å². The standard InChI is InChI=1S/C29H35N3O4S/c1-4-5-18-30-29(34)22(3)31(20-23-16-14-21(2)15-17-23)27(33)13-8-19-32-25-11-6-9-24-10-7-12-26(28(24)25)37(32,35)36/h6-7,9-12,14-17,22H,4-5,8,13,18-20H2,1-3H3,(H,30,34)/t22-/m1/s1. The number of benzene rings is 3. The summed E-state index contributed by atoms with van der Waals surface area (Å²) in [6, 6.07) is 18.1. The summed E-state index contributed by atoms with van der Waals surface area (Å²) in [6.07, 6.45) is 2.33. The largest absolute Gasteiger partial charge is 0.354 e. The fourth-order valence-corrected chi connectivity index (χ4v) is 6.47. The maximum atomic E-state index is 13.4. The van der Waals surface area contributed by atoms with Crippen LogP contribution in [0.25, 0.3) is 10.8 Å². The molecule has 37 heavy (non-hydrogen) atoms. The first-order chi connectivity index (χ1) is 17.7. The highest BCUT2D eigenvalue weighted by Gasteiger charge is 2.35. The summed E-state index contributed by atoms with van der Waals surface area (Å²) in [6.45, 7) is 6.89. The van der Waals surface area contributed by atoms with E-state index in [0.29, 0.717) is 30.1 Å². The monoisotopic (exact) mass is 521 g/mol. The molecule has 196 valence electrons. The van der Waals surface area contributed by atoms with E-state index < -0.39 is 16.1 Å². The summed E-state index contributed by atoms with van der Waals surface area (Å²) in [7, 11) is -3.67. The Morgan fingerprint density at radius 3 is 2.41 bits per heavy atom. The molecule has 8 heteroatoms. The SMILES string of the molecule is CCCCNC(=O)[C@@H](C)N(Cc1ccc(C)cc1)C(=O)CCCN1c2cccc3cccc(c23)S1(=O)=O. The minimum absolute atomic E-state index is 0.136. The molecule has 0 radical (unpaired) electrons. The number of aryl methyl sites for hydroxylation is 1. The van der Waals surface area contributed by atoms with Crippen LogP contribution < -0.4 is 9.62 Å². The number of unbranched alkanes of at least 4 members (excludes halogenated alkanes) is 1. The van der Waals surface area contributed by atoms with Gasteiger partial charge in [0.25, 0.3) is 10.0 Å². The minimum atomic E-state index is -3.67. The van der Waals surface area contributed by atoms with Crippen molar-refractivity contribution < 1.29 is 18.0 Å². The zero-order chi connectivity index (χ0) is 26.6. The Morgan fingerprint density at radius 1 is 1.00 bits per heavy atom. The van der Waals surface area contributed by atoms with Crippen molar-refractivity contribution in [3.63, 3.8) is 0 Å². The zero-order valence-corrected chi connectivity index (χ0v) is 22.6. The number of anilines is 1. The molecule has 0 bridgehead atoms. The predicted octanol–water partition coefficient (Wildman–Crippen LogP) is 4.77. The van der Waals surface area contributed by atoms with Gasteiger partial charge in [0, 0.05) is 31.4 Å². The van der Waals surface area contributed by atoms with Crippen molar-refractivity contribution >= 4 is 38.3 Å². The molecule has 0 aromatic heterocycles. The molecule has 0 saturated carbocycles. The summed E-state index contributed by atoms with van der Waals surface area (Å²) < 4.78 is 27.9. The third-order valence-electron chi connectivity index (χ3n) is 6.90. The molecule has 1 aliphatic rings. The van der Waals surface area contributed by atoms with Crippen LogP contribution in [0.5, 0.6) is 0 Å². The molecule has 1 aliphatic heterocycles. The molecule has 0 spiro atoms. The van der Waals surface area contributed by atoms with E-state index in [0.717, 1.165) is 34.7 Å². The average Bonchev–Trinajstić information content (AvgIpc) is 3.11. The maximum Gasteiger partial charge on any atom is 0.265 e. The van der Waals surface area contributed by atoms with Crippen molar-refractivity contribution in [2.45, 2.75) is 63.9 Å². The van der Waals surface area contributed by atoms with Crippen LogP contribution >= 0.6 is 0 Å². The molecule has 0 aliphatic carbocycles. The van der Waals surface area contributed by atoms with Crippen LogP contribution in [0.1, 0.15) is 50.7 Å². The molecule has 4 rings (SSSR count). The third kappa shape index (κ3) is 5.64. The zero-order valence-electron chi connectivity index (χ0n) is 21.7. The number of hydrogen-bond donors (Lipinski definition) is 1. The van der Waals surface area contributed by atoms with E-state index in [4.69, 9.17) is 0 Å². The second kappa shape index (κ2) is 11.3. The highest BCUT2D eigenvalue weighted by atomic mass is 32.2. The van der Waals surface area contributed by atoms with Gasteiger partial charge in [-0.1, -0.05) is 67.4 Å². The average molecular weight is 522 g/mol. The Bertz CT molecular complexity index is 1380. The Kier molecular flexibility index (Phi) is 8.17. The summed E-state index contributed by atoms with van der Waals surface area (Å²) in [5.41, 5.74) is 2.71. The molecule has 0 unspecified atom stereocenters. The smallest absolute Gasteiger partial charge is 0.265 e. The summed E-state index contributed by atoms with van der Waals surface area (Å²) >= 11 is 0. The van der Waals surface area contributed by atoms with Gasteiger partial charge in [-0.15, -0.1) is 0 Å². The van der Waals surface area contributed by atoms with E-state index in [-0.39, 0.29) is 24.8 Å². The van der Waals surface area contributed by atoms with Crippen molar-refractivity contribution in [2.24, 2.45) is 0 Å². The van der Waals surface area contributed by atoms with Crippen molar-refractivity contribution in [1.82, 2.24) is 10.2 Å². The summed E-state index contributed by atoms with van der Waals surface area (Å²) in [5, 5.41) is 4.54. The Morgan fingerprint density at radius 2 is 1.70 bits per heavy atom. The van der Waals surface area contributed by atoms with Crippen molar-refractivity contribution in [3.05, 3.63) is 71.8 Å². The predicted molar refractivity (Wildman–Crippen MR) is 147 cm³/mol. The lowest BCUT2D eigenvalue weighted by atomic mass is 10.1. The fourth-order valence-electron chi connectivity index (χ4n) is 4.73. The van der Waals surface area contributed by atoms with Gasteiger partial charge < -0.3 is 10.2 Å². The van der Waals surface area contributed by atoms with E-state index >= 15 is 0 Å². The molecule has 1 N–H and O–H groups in total. The molecule has 3 aromatic carbocycles. The van der Waals surface area contributed by atoms with E-state index in [9.17, 15) is 18.0 Å². The van der Waals surface area contributed by atoms with Gasteiger partial charge in [-0.05, 0) is 49.8 Å². The molecule has 1 atom stereocenters. The first-order valence-electron chi connectivity index (χ1n) is 12.9. The lowest BCUT2D eigenvalue weighted by Crippen LogP contribution is -2.47. The number of rotatable bonds is 11. The van der Waals surface area contributed by atoms with Gasteiger partial charge in [0.1, 0.15) is 6.04 Å². The quantitative estimate of drug-likeness (QED) is 0.368. The first-order valence-corrected chi connectivity index (χ1v) is 14.3. The lowest BCUT2D eigenvalue weighted by molar-refractivity contribution is -0.140. The van der Waals surface area contributed by atoms with Gasteiger partial charge in [0.15, 0.2) is 0 Å². The van der Waals surface area contributed by atoms with Crippen LogP contribution in [-0.2, 0) is 26.2 Å². The molecule has 0 fully saturated rings. The number of carbonyl (C=O) groups excluding carboxylic acids is 2. The molecule has 3 aromatic rings. The van der Waals surface area contributed by atoms with Crippen LogP contribution in [0.3, 0.4) is 0 Å². The maximum absolute atomic E-state index is 13.4. The van der Waals surface area contributed by atoms with Gasteiger partial charge in [-0.2, -0.15) is 0 Å². The topological polar surface area (TPSA) is 86.8 Å². The number of carbonyl (C=O) groups is 2. The highest BCUT2D eigenvalue weighted by molar-refractivity contribution is 7.93. The van der Waals surface area contributed by atoms with Crippen LogP contribution in [0, 0.1) is 6.92 Å². The Labute approximate surface area is 219 Å². The fraction of sp³-hybridized carbons (Fsp3) is 0.379. The van der Waals surface area contributed by atoms with Crippen molar-refractivity contribution in [1.29, 1.82) is 0 Å². The minimum Gasteiger partial charge on any atom is -0.354 e. The molecule has 7 nitrogen and oxygen atoms in total. The number of amides is 2. The van der Waals surface area contributed by atoms with Crippen LogP contribution in [0.15, 0.2) is 65.6 Å². The number of hydrogen-bond acceptors (Lipinski definition) is 4. The molecular weight excluding hydrogens is 486 g/mol. The number of sulfonamides is 1. The van der Waals surface area contributed by atoms with Gasteiger partial charge >= 0.3 is 0 Å². The van der Waals surface area contributed by atoms with E-state index in [2.05, 4.69) is 12.2 Å². The van der Waals surface area contributed by atoms with Crippen LogP contribution in [-0.4, -0.2) is 44.3 Å². The second-order valence-corrected chi connectivity index (χ2v) is 11.5. The summed E-state index contributed by atoms with van der Waals surface area (Å²) in [4.78, 5) is 28.1. The lowest BCUT2D eigenvalue weighted by Gasteiger charge is -2.29. The van der Waals surface area contributed by atoms with Crippen LogP contribution in [0.4, 0.5) is 5.69 Å². The second-order valence-electron chi connectivity index (χ2n) is 9.64. The van der Waals surface area contributed by atoms with E-state index in [1.165, 1.54) is 4.31 Å². The van der Waals surface area contributed by atoms with Crippen LogP contribution in [0.2, 0.25) is 0 Å². The van der Waals surface area contributed by atoms with E-state index in [1.54, 1.807) is 24.0 Å². The molecular formula is C29H35N3O4S. The van der Waals surface area contributed by atoms with Crippen molar-refractivity contribution in [3.8, 4) is 0 Å². The normalized spacial score (nSPS) is 14.5. The first kappa shape index (κ1) is 26.7. The van der Waals surface area contributed by atoms with Gasteiger partial charge in [-0.3, -0.25) is 13.9 Å². The van der Waals surface area contributed by atoms with E-state index in [1.807, 2.05) is 55.5 Å². The highest BCUT2D eigenvalue weighted by Crippen LogP contribution is 2.42. The molecule has 1 heterocycles. The van der Waals surface area contributed by atoms with Crippen molar-refractivity contribution in [2.75, 3.05) is 17.4 Å². The Balaban J connectivity index is 1.47. The molecule has 2 amide bonds. The summed E-state index contributed by atoms with van der Waals surface area (Å²) in [5.74, 6) is -0.357. The van der Waals surface area contributed by atoms with Gasteiger partial charge in [0.05, 0.1) is 10.6 Å².